The van der Waals surface area contributed by atoms with Crippen LogP contribution in [0.15, 0.2) is 109 Å². The Labute approximate surface area is 448 Å². The smallest absolute Gasteiger partial charge is 0.462 e. The maximum Gasteiger partial charge on any atom is 0.472 e. The molecule has 0 amide bonds. The number of carbonyl (C=O) groups is 2. The first-order valence-electron chi connectivity index (χ1n) is 29.4. The molecule has 0 spiro atoms. The predicted octanol–water partition coefficient (Wildman–Crippen LogP) is 18.6. The molecule has 3 N–H and O–H groups in total. The van der Waals surface area contributed by atoms with E-state index >= 15 is 0 Å². The van der Waals surface area contributed by atoms with Gasteiger partial charge in [0.2, 0.25) is 0 Å². The Morgan fingerprint density at radius 2 is 0.753 bits per heavy atom. The Bertz CT molecular complexity index is 1560. The van der Waals surface area contributed by atoms with Crippen LogP contribution in [-0.4, -0.2) is 49.3 Å². The zero-order valence-corrected chi connectivity index (χ0v) is 47.5. The van der Waals surface area contributed by atoms with E-state index in [1.54, 1.807) is 0 Å². The van der Waals surface area contributed by atoms with Crippen LogP contribution in [0.2, 0.25) is 0 Å². The largest absolute Gasteiger partial charge is 0.472 e. The molecule has 0 fully saturated rings. The zero-order valence-electron chi connectivity index (χ0n) is 46.6. The monoisotopic (exact) mass is 1040 g/mol. The van der Waals surface area contributed by atoms with Gasteiger partial charge in [0.15, 0.2) is 6.10 Å². The Morgan fingerprint density at radius 1 is 0.425 bits per heavy atom. The van der Waals surface area contributed by atoms with Crippen LogP contribution in [0.1, 0.15) is 245 Å². The van der Waals surface area contributed by atoms with E-state index in [1.165, 1.54) is 109 Å². The fourth-order valence-corrected chi connectivity index (χ4v) is 8.59. The normalized spacial score (nSPS) is 13.9. The second-order valence-corrected chi connectivity index (χ2v) is 20.6. The van der Waals surface area contributed by atoms with E-state index in [1.807, 2.05) is 0 Å². The van der Waals surface area contributed by atoms with Crippen LogP contribution in [0, 0.1) is 0 Å². The number of carbonyl (C=O) groups excluding carboxylic acids is 2. The molecule has 2 unspecified atom stereocenters. The highest BCUT2D eigenvalue weighted by atomic mass is 31.2. The highest BCUT2D eigenvalue weighted by Gasteiger charge is 2.26. The van der Waals surface area contributed by atoms with Crippen molar-refractivity contribution < 1.29 is 37.6 Å². The molecule has 0 aromatic rings. The summed E-state index contributed by atoms with van der Waals surface area (Å²) in [6.07, 6.45) is 78.6. The number of esters is 2. The topological polar surface area (TPSA) is 134 Å². The molecule has 0 aromatic heterocycles. The van der Waals surface area contributed by atoms with Crippen molar-refractivity contribution in [3.63, 3.8) is 0 Å². The van der Waals surface area contributed by atoms with Crippen molar-refractivity contribution in [2.45, 2.75) is 251 Å². The standard InChI is InChI=1S/C63H108NO8P/c1-3-5-7-9-11-13-15-17-19-21-22-23-24-25-26-27-28-29-30-31-32-33-34-35-36-37-38-40-42-44-46-48-50-52-54-56-63(66)72-61(60-71-73(67,68)70-58-57-64)59-69-62(65)55-53-51-49-47-45-43-41-39-20-18-16-14-12-10-8-6-4-2/h5,7,11-14,17-20,22-23,25-26,28-29,31-32,61H,3-4,6,8-10,15-16,21,24,27,30,33-60,64H2,1-2H3,(H,67,68)/b7-5-,13-11-,14-12-,19-17-,20-18-,23-22-,26-25-,29-28-,32-31-. The summed E-state index contributed by atoms with van der Waals surface area (Å²) in [5.74, 6) is -0.840. The molecule has 0 aliphatic rings. The number of phosphoric ester groups is 1. The molecule has 418 valence electrons. The molecule has 0 saturated heterocycles. The van der Waals surface area contributed by atoms with Gasteiger partial charge in [-0.3, -0.25) is 18.6 Å². The van der Waals surface area contributed by atoms with Crippen LogP contribution < -0.4 is 5.73 Å². The lowest BCUT2D eigenvalue weighted by Gasteiger charge is -2.19. The number of nitrogens with two attached hydrogens (primary N) is 1. The first kappa shape index (κ1) is 69.7. The van der Waals surface area contributed by atoms with Crippen molar-refractivity contribution in [2.75, 3.05) is 26.4 Å². The van der Waals surface area contributed by atoms with Crippen molar-refractivity contribution >= 4 is 19.8 Å². The first-order chi connectivity index (χ1) is 35.8. The number of phosphoric acid groups is 1. The third-order valence-corrected chi connectivity index (χ3v) is 13.1. The third-order valence-electron chi connectivity index (χ3n) is 12.1. The first-order valence-corrected chi connectivity index (χ1v) is 30.9. The van der Waals surface area contributed by atoms with E-state index in [9.17, 15) is 19.0 Å². The average Bonchev–Trinajstić information content (AvgIpc) is 3.38. The van der Waals surface area contributed by atoms with Crippen molar-refractivity contribution in [1.29, 1.82) is 0 Å². The second-order valence-electron chi connectivity index (χ2n) is 19.1. The van der Waals surface area contributed by atoms with Gasteiger partial charge in [-0.15, -0.1) is 0 Å². The summed E-state index contributed by atoms with van der Waals surface area (Å²) in [6, 6.07) is 0. The summed E-state index contributed by atoms with van der Waals surface area (Å²) in [7, 11) is -4.39. The van der Waals surface area contributed by atoms with E-state index in [2.05, 4.69) is 123 Å². The maximum absolute atomic E-state index is 12.7. The molecule has 0 radical (unpaired) electrons. The summed E-state index contributed by atoms with van der Waals surface area (Å²) in [5, 5.41) is 0. The van der Waals surface area contributed by atoms with Crippen molar-refractivity contribution in [1.82, 2.24) is 0 Å². The quantitative estimate of drug-likeness (QED) is 0.0264. The Morgan fingerprint density at radius 3 is 1.12 bits per heavy atom. The predicted molar refractivity (Wildman–Crippen MR) is 311 cm³/mol. The molecule has 0 rings (SSSR count). The highest BCUT2D eigenvalue weighted by Crippen LogP contribution is 2.43. The van der Waals surface area contributed by atoms with Crippen LogP contribution in [-0.2, 0) is 32.7 Å². The van der Waals surface area contributed by atoms with Crippen LogP contribution in [0.5, 0.6) is 0 Å². The number of allylic oxidation sites excluding steroid dienone is 18. The van der Waals surface area contributed by atoms with Crippen molar-refractivity contribution in [2.24, 2.45) is 5.73 Å². The van der Waals surface area contributed by atoms with E-state index < -0.39 is 32.5 Å². The Balaban J connectivity index is 3.95. The molecule has 0 aliphatic heterocycles. The second kappa shape index (κ2) is 57.9. The van der Waals surface area contributed by atoms with Gasteiger partial charge in [0, 0.05) is 19.4 Å². The van der Waals surface area contributed by atoms with Gasteiger partial charge in [0.25, 0.3) is 0 Å². The summed E-state index contributed by atoms with van der Waals surface area (Å²) < 4.78 is 33.0. The average molecular weight is 1040 g/mol. The van der Waals surface area contributed by atoms with Gasteiger partial charge in [-0.25, -0.2) is 4.57 Å². The van der Waals surface area contributed by atoms with Gasteiger partial charge in [-0.1, -0.05) is 239 Å². The molecule has 0 saturated carbocycles. The molecular weight excluding hydrogens is 930 g/mol. The molecular formula is C63H108NO8P. The van der Waals surface area contributed by atoms with Gasteiger partial charge < -0.3 is 20.1 Å². The number of unbranched alkanes of at least 4 members (excludes halogenated alkanes) is 23. The molecule has 0 aromatic carbocycles. The maximum atomic E-state index is 12.7. The van der Waals surface area contributed by atoms with E-state index in [0.29, 0.717) is 6.42 Å². The van der Waals surface area contributed by atoms with Gasteiger partial charge in [0.1, 0.15) is 6.61 Å². The number of hydrogen-bond acceptors (Lipinski definition) is 8. The zero-order chi connectivity index (χ0) is 53.1. The number of ether oxygens (including phenoxy) is 2. The summed E-state index contributed by atoms with van der Waals surface area (Å²) in [5.41, 5.74) is 5.38. The summed E-state index contributed by atoms with van der Waals surface area (Å²) >= 11 is 0. The fourth-order valence-electron chi connectivity index (χ4n) is 7.82. The van der Waals surface area contributed by atoms with Gasteiger partial charge in [0.05, 0.1) is 13.2 Å². The van der Waals surface area contributed by atoms with Gasteiger partial charge in [-0.2, -0.15) is 0 Å². The van der Waals surface area contributed by atoms with Gasteiger partial charge >= 0.3 is 19.8 Å². The third kappa shape index (κ3) is 57.8. The number of hydrogen-bond donors (Lipinski definition) is 2. The Hall–Kier alpha value is -3.33. The van der Waals surface area contributed by atoms with Crippen molar-refractivity contribution in [3.8, 4) is 0 Å². The number of rotatable bonds is 54. The molecule has 73 heavy (non-hydrogen) atoms. The molecule has 9 nitrogen and oxygen atoms in total. The molecule has 2 atom stereocenters. The minimum Gasteiger partial charge on any atom is -0.462 e. The molecule has 0 bridgehead atoms. The molecule has 0 heterocycles. The minimum absolute atomic E-state index is 0.0480. The SMILES string of the molecule is CC/C=C\C/C=C\C/C=C\C/C=C\C/C=C\C/C=C\C/C=C\CCCCCCCCCCCCCCCC(=O)OC(COC(=O)CCCCCCCCC/C=C\C/C=C\CCCCC)COP(=O)(O)OCCN. The van der Waals surface area contributed by atoms with Crippen molar-refractivity contribution in [3.05, 3.63) is 109 Å². The lowest BCUT2D eigenvalue weighted by Crippen LogP contribution is -2.29. The van der Waals surface area contributed by atoms with Crippen LogP contribution >= 0.6 is 7.82 Å². The van der Waals surface area contributed by atoms with Crippen LogP contribution in [0.4, 0.5) is 0 Å². The van der Waals surface area contributed by atoms with Gasteiger partial charge in [-0.05, 0) is 103 Å². The fraction of sp³-hybridized carbons (Fsp3) is 0.683. The summed E-state index contributed by atoms with van der Waals surface area (Å²) in [6.45, 7) is 3.59. The van der Waals surface area contributed by atoms with Crippen LogP contribution in [0.25, 0.3) is 0 Å². The van der Waals surface area contributed by atoms with E-state index in [4.69, 9.17) is 24.3 Å². The highest BCUT2D eigenvalue weighted by molar-refractivity contribution is 7.47. The Kier molecular flexibility index (Phi) is 55.3. The minimum atomic E-state index is -4.39. The van der Waals surface area contributed by atoms with E-state index in [-0.39, 0.29) is 32.6 Å². The lowest BCUT2D eigenvalue weighted by molar-refractivity contribution is -0.161. The summed E-state index contributed by atoms with van der Waals surface area (Å²) in [4.78, 5) is 35.2. The van der Waals surface area contributed by atoms with Crippen LogP contribution in [0.3, 0.4) is 0 Å². The lowest BCUT2D eigenvalue weighted by atomic mass is 10.0. The molecule has 0 aliphatic carbocycles. The van der Waals surface area contributed by atoms with E-state index in [0.717, 1.165) is 103 Å². The molecule has 10 heteroatoms.